The van der Waals surface area contributed by atoms with Crippen molar-refractivity contribution in [2.75, 3.05) is 13.2 Å². The maximum absolute atomic E-state index is 6.58. The Morgan fingerprint density at radius 3 is 1.16 bits per heavy atom. The molecule has 0 N–H and O–H groups in total. The number of hydrogen-bond donors (Lipinski definition) is 0. The lowest BCUT2D eigenvalue weighted by atomic mass is 9.94. The fourth-order valence-electron chi connectivity index (χ4n) is 6.66. The van der Waals surface area contributed by atoms with Crippen LogP contribution in [-0.2, 0) is 0 Å². The van der Waals surface area contributed by atoms with Gasteiger partial charge in [-0.2, -0.15) is 0 Å². The molecule has 6 rings (SSSR count). The van der Waals surface area contributed by atoms with Crippen molar-refractivity contribution in [3.63, 3.8) is 0 Å². The molecular formula is C51H50N2O2. The summed E-state index contributed by atoms with van der Waals surface area (Å²) in [6.07, 6.45) is 0. The van der Waals surface area contributed by atoms with Gasteiger partial charge in [0.1, 0.15) is 11.5 Å². The summed E-state index contributed by atoms with van der Waals surface area (Å²) in [5, 5.41) is 0. The van der Waals surface area contributed by atoms with E-state index in [0.29, 0.717) is 13.2 Å². The van der Waals surface area contributed by atoms with E-state index in [1.165, 1.54) is 11.1 Å². The predicted molar refractivity (Wildman–Crippen MR) is 231 cm³/mol. The highest BCUT2D eigenvalue weighted by atomic mass is 16.5. The largest absolute Gasteiger partial charge is 0.492 e. The number of ether oxygens (including phenoxy) is 2. The first-order valence-electron chi connectivity index (χ1n) is 18.9. The van der Waals surface area contributed by atoms with Gasteiger partial charge in [0.05, 0.1) is 35.7 Å². The molecule has 0 aliphatic heterocycles. The Hall–Kier alpha value is -6.18. The third kappa shape index (κ3) is 10.1. The first-order valence-corrected chi connectivity index (χ1v) is 18.9. The van der Waals surface area contributed by atoms with Crippen molar-refractivity contribution in [1.82, 2.24) is 0 Å². The first-order chi connectivity index (χ1) is 26.5. The highest BCUT2D eigenvalue weighted by Gasteiger charge is 2.23. The van der Waals surface area contributed by atoms with Crippen LogP contribution in [0.3, 0.4) is 0 Å². The van der Waals surface area contributed by atoms with Crippen LogP contribution in [0.2, 0.25) is 0 Å². The molecule has 0 unspecified atom stereocenters. The van der Waals surface area contributed by atoms with Gasteiger partial charge >= 0.3 is 0 Å². The van der Waals surface area contributed by atoms with Crippen molar-refractivity contribution >= 4 is 34.3 Å². The van der Waals surface area contributed by atoms with Gasteiger partial charge in [-0.3, -0.25) is 0 Å². The number of nitrogens with zero attached hydrogens (tertiary/aromatic N) is 2. The molecule has 0 atom stereocenters. The number of hydrogen-bond acceptors (Lipinski definition) is 4. The highest BCUT2D eigenvalue weighted by Crippen LogP contribution is 2.34. The Kier molecular flexibility index (Phi) is 12.1. The van der Waals surface area contributed by atoms with Gasteiger partial charge in [-0.05, 0) is 157 Å². The van der Waals surface area contributed by atoms with Crippen LogP contribution in [0.4, 0.5) is 11.4 Å². The Morgan fingerprint density at radius 1 is 0.455 bits per heavy atom. The Morgan fingerprint density at radius 2 is 0.818 bits per heavy atom. The van der Waals surface area contributed by atoms with Crippen LogP contribution in [0.25, 0.3) is 11.1 Å². The Balaban J connectivity index is 1.19. The van der Waals surface area contributed by atoms with Gasteiger partial charge in [-0.15, -0.1) is 0 Å². The molecule has 0 heterocycles. The minimum Gasteiger partial charge on any atom is -0.492 e. The molecule has 0 bridgehead atoms. The molecule has 0 fully saturated rings. The van der Waals surface area contributed by atoms with Crippen molar-refractivity contribution < 1.29 is 9.47 Å². The van der Waals surface area contributed by atoms with E-state index in [4.69, 9.17) is 19.5 Å². The fraction of sp³-hybridized carbons (Fsp3) is 0.216. The van der Waals surface area contributed by atoms with Crippen molar-refractivity contribution in [2.24, 2.45) is 15.4 Å². The molecule has 0 aliphatic rings. The average Bonchev–Trinajstić information content (AvgIpc) is 3.15. The molecule has 4 nitrogen and oxygen atoms in total. The maximum Gasteiger partial charge on any atom is 0.125 e. The van der Waals surface area contributed by atoms with E-state index in [1.54, 1.807) is 0 Å². The van der Waals surface area contributed by atoms with Crippen LogP contribution < -0.4 is 9.47 Å². The fourth-order valence-corrected chi connectivity index (χ4v) is 6.66. The van der Waals surface area contributed by atoms with E-state index in [0.717, 1.165) is 78.5 Å². The minimum atomic E-state index is -0.264. The van der Waals surface area contributed by atoms with Crippen LogP contribution in [0.15, 0.2) is 143 Å². The number of benzene rings is 6. The topological polar surface area (TPSA) is 43.2 Å². The molecular weight excluding hydrogens is 673 g/mol. The smallest absolute Gasteiger partial charge is 0.125 e. The van der Waals surface area contributed by atoms with Crippen LogP contribution >= 0.6 is 0 Å². The van der Waals surface area contributed by atoms with Crippen LogP contribution in [0.5, 0.6) is 11.5 Å². The van der Waals surface area contributed by atoms with Crippen molar-refractivity contribution in [3.05, 3.63) is 189 Å². The van der Waals surface area contributed by atoms with E-state index in [9.17, 15) is 0 Å². The second kappa shape index (κ2) is 17.3. The monoisotopic (exact) mass is 722 g/mol. The summed E-state index contributed by atoms with van der Waals surface area (Å²) in [5.41, 5.74) is 14.2. The van der Waals surface area contributed by atoms with Crippen molar-refractivity contribution in [3.8, 4) is 11.5 Å². The molecule has 0 aromatic heterocycles. The third-order valence-corrected chi connectivity index (χ3v) is 9.43. The van der Waals surface area contributed by atoms with Gasteiger partial charge in [0.2, 0.25) is 0 Å². The second-order valence-electron chi connectivity index (χ2n) is 15.2. The summed E-state index contributed by atoms with van der Waals surface area (Å²) in [6, 6.07) is 45.6. The first kappa shape index (κ1) is 38.5. The van der Waals surface area contributed by atoms with Gasteiger partial charge in [0.15, 0.2) is 0 Å². The number of rotatable bonds is 12. The lowest BCUT2D eigenvalue weighted by Gasteiger charge is -2.27. The molecule has 0 spiro atoms. The standard InChI is InChI=1S/C51H50N2O2/c1-35-17-15-23-45(25-35)52-31-47(41-19-11-9-12-20-41)43-27-37(3)49(38(4)28-43)54-33-51(7,8)34-55-50-39(5)29-44(30-40(50)6)48(42-21-13-10-14-22-42)32-53-46-24-16-18-36(2)26-46/h9-30H,33-34H2,1-8H3. The zero-order valence-electron chi connectivity index (χ0n) is 33.3. The second-order valence-corrected chi connectivity index (χ2v) is 15.2. The van der Waals surface area contributed by atoms with Crippen LogP contribution in [0, 0.1) is 47.0 Å². The van der Waals surface area contributed by atoms with Gasteiger partial charge in [0, 0.05) is 5.41 Å². The van der Waals surface area contributed by atoms with E-state index in [2.05, 4.69) is 140 Å². The van der Waals surface area contributed by atoms with Crippen LogP contribution in [0.1, 0.15) is 69.5 Å². The van der Waals surface area contributed by atoms with E-state index >= 15 is 0 Å². The SMILES string of the molecule is Cc1cccc(N=C=C(c2ccccc2)c2cc(C)c(OCC(C)(C)COc3c(C)cc(C(=C=Nc4cccc(C)c4)c4ccccc4)cc3C)c(C)c2)c1. The van der Waals surface area contributed by atoms with Crippen molar-refractivity contribution in [2.45, 2.75) is 55.4 Å². The molecule has 6 aromatic rings. The maximum atomic E-state index is 6.58. The molecule has 0 saturated carbocycles. The van der Waals surface area contributed by atoms with E-state index < -0.39 is 0 Å². The van der Waals surface area contributed by atoms with E-state index in [-0.39, 0.29) is 5.41 Å². The van der Waals surface area contributed by atoms with Crippen LogP contribution in [-0.4, -0.2) is 25.0 Å². The van der Waals surface area contributed by atoms with Crippen molar-refractivity contribution in [1.29, 1.82) is 0 Å². The zero-order chi connectivity index (χ0) is 39.0. The molecule has 4 heteroatoms. The van der Waals surface area contributed by atoms with Gasteiger partial charge in [-0.1, -0.05) is 98.8 Å². The zero-order valence-corrected chi connectivity index (χ0v) is 33.3. The summed E-state index contributed by atoms with van der Waals surface area (Å²) in [7, 11) is 0. The summed E-state index contributed by atoms with van der Waals surface area (Å²) >= 11 is 0. The van der Waals surface area contributed by atoms with E-state index in [1.807, 2.05) is 60.7 Å². The molecule has 0 aliphatic carbocycles. The number of aryl methyl sites for hydroxylation is 6. The highest BCUT2D eigenvalue weighted by molar-refractivity contribution is 6.00. The summed E-state index contributed by atoms with van der Waals surface area (Å²) in [5.74, 6) is 8.53. The lowest BCUT2D eigenvalue weighted by molar-refractivity contribution is 0.109. The Labute approximate surface area is 327 Å². The minimum absolute atomic E-state index is 0.264. The number of aliphatic imine (C=N–C) groups is 2. The summed E-state index contributed by atoms with van der Waals surface area (Å²) < 4.78 is 13.2. The quantitative estimate of drug-likeness (QED) is 0.118. The Bertz CT molecular complexity index is 2210. The molecule has 276 valence electrons. The molecule has 0 saturated heterocycles. The molecule has 55 heavy (non-hydrogen) atoms. The predicted octanol–water partition coefficient (Wildman–Crippen LogP) is 12.9. The average molecular weight is 723 g/mol. The molecule has 0 amide bonds. The molecule has 0 radical (unpaired) electrons. The lowest BCUT2D eigenvalue weighted by Crippen LogP contribution is -2.29. The van der Waals surface area contributed by atoms with Gasteiger partial charge in [0.25, 0.3) is 0 Å². The van der Waals surface area contributed by atoms with Gasteiger partial charge < -0.3 is 9.47 Å². The molecule has 6 aromatic carbocycles. The van der Waals surface area contributed by atoms with Gasteiger partial charge in [-0.25, -0.2) is 9.98 Å². The summed E-state index contributed by atoms with van der Waals surface area (Å²) in [4.78, 5) is 9.47. The third-order valence-electron chi connectivity index (χ3n) is 9.43. The summed E-state index contributed by atoms with van der Waals surface area (Å²) in [6.45, 7) is 17.9. The normalized spacial score (nSPS) is 10.9.